The fourth-order valence-electron chi connectivity index (χ4n) is 3.20. The van der Waals surface area contributed by atoms with Gasteiger partial charge in [-0.1, -0.05) is 0 Å². The molecule has 1 aliphatic rings. The third-order valence-electron chi connectivity index (χ3n) is 4.89. The van der Waals surface area contributed by atoms with E-state index in [0.29, 0.717) is 5.75 Å². The van der Waals surface area contributed by atoms with E-state index >= 15 is 0 Å². The van der Waals surface area contributed by atoms with Gasteiger partial charge >= 0.3 is 6.18 Å². The molecule has 2 aromatic carbocycles. The average Bonchev–Trinajstić information content (AvgIpc) is 2.80. The quantitative estimate of drug-likeness (QED) is 0.568. The summed E-state index contributed by atoms with van der Waals surface area (Å²) in [6.07, 6.45) is -7.68. The van der Waals surface area contributed by atoms with Crippen molar-refractivity contribution in [2.24, 2.45) is 0 Å². The Morgan fingerprint density at radius 3 is 2.06 bits per heavy atom. The van der Waals surface area contributed by atoms with Gasteiger partial charge in [0.2, 0.25) is 11.2 Å². The molecule has 0 fully saturated rings. The van der Waals surface area contributed by atoms with Gasteiger partial charge in [0, 0.05) is 6.07 Å². The van der Waals surface area contributed by atoms with E-state index in [0.717, 1.165) is 6.07 Å². The number of aliphatic hydroxyl groups excluding tert-OH is 2. The molecule has 2 atom stereocenters. The van der Waals surface area contributed by atoms with Crippen LogP contribution >= 0.6 is 0 Å². The zero-order chi connectivity index (χ0) is 23.9. The van der Waals surface area contributed by atoms with Crippen molar-refractivity contribution in [2.45, 2.75) is 18.4 Å². The Labute approximate surface area is 184 Å². The van der Waals surface area contributed by atoms with Gasteiger partial charge in [-0.05, 0) is 36.4 Å². The molecular weight excluding hydrogens is 449 g/mol. The smallest absolute Gasteiger partial charge is 0.453 e. The highest BCUT2D eigenvalue weighted by Crippen LogP contribution is 2.39. The molecule has 33 heavy (non-hydrogen) atoms. The Bertz CT molecular complexity index is 1280. The van der Waals surface area contributed by atoms with E-state index in [1.165, 1.54) is 50.6 Å². The van der Waals surface area contributed by atoms with Gasteiger partial charge in [-0.25, -0.2) is 0 Å². The number of hydrogen-bond acceptors (Lipinski definition) is 8. The van der Waals surface area contributed by atoms with Crippen LogP contribution in [0.5, 0.6) is 23.0 Å². The van der Waals surface area contributed by atoms with Gasteiger partial charge in [0.1, 0.15) is 35.0 Å². The third-order valence-corrected chi connectivity index (χ3v) is 4.89. The van der Waals surface area contributed by atoms with Crippen LogP contribution in [0.2, 0.25) is 0 Å². The summed E-state index contributed by atoms with van der Waals surface area (Å²) in [5.41, 5.74) is -1.46. The number of ether oxygens (including phenoxy) is 4. The van der Waals surface area contributed by atoms with Crippen molar-refractivity contribution >= 4 is 11.0 Å². The number of halogens is 3. The Morgan fingerprint density at radius 2 is 1.45 bits per heavy atom. The van der Waals surface area contributed by atoms with E-state index in [4.69, 9.17) is 23.4 Å². The van der Waals surface area contributed by atoms with Gasteiger partial charge in [0.05, 0.1) is 19.6 Å². The second-order valence-corrected chi connectivity index (χ2v) is 6.95. The lowest BCUT2D eigenvalue weighted by atomic mass is 9.97. The summed E-state index contributed by atoms with van der Waals surface area (Å²) in [5, 5.41) is 19.2. The summed E-state index contributed by atoms with van der Waals surface area (Å²) in [4.78, 5) is 12.9. The molecule has 3 aromatic rings. The van der Waals surface area contributed by atoms with Crippen LogP contribution in [0.4, 0.5) is 13.2 Å². The number of methoxy groups -OCH3 is 2. The second-order valence-electron chi connectivity index (χ2n) is 6.95. The van der Waals surface area contributed by atoms with Gasteiger partial charge in [-0.15, -0.1) is 0 Å². The second kappa shape index (κ2) is 8.34. The summed E-state index contributed by atoms with van der Waals surface area (Å²) in [6, 6.07) is 9.17. The number of fused-ring (bicyclic) bond motifs is 1. The summed E-state index contributed by atoms with van der Waals surface area (Å²) in [5.74, 6) is -2.39. The van der Waals surface area contributed by atoms with Crippen LogP contribution in [0.15, 0.2) is 63.2 Å². The van der Waals surface area contributed by atoms with Crippen molar-refractivity contribution in [3.05, 3.63) is 70.0 Å². The third kappa shape index (κ3) is 4.08. The highest BCUT2D eigenvalue weighted by molar-refractivity contribution is 5.80. The normalized spacial score (nSPS) is 18.2. The first-order valence-corrected chi connectivity index (χ1v) is 9.46. The summed E-state index contributed by atoms with van der Waals surface area (Å²) in [7, 11) is 2.68. The van der Waals surface area contributed by atoms with E-state index < -0.39 is 40.9 Å². The van der Waals surface area contributed by atoms with Crippen LogP contribution in [0.3, 0.4) is 0 Å². The van der Waals surface area contributed by atoms with Crippen LogP contribution in [-0.2, 0) is 10.9 Å². The first-order valence-electron chi connectivity index (χ1n) is 9.46. The van der Waals surface area contributed by atoms with Crippen molar-refractivity contribution in [1.82, 2.24) is 0 Å². The minimum absolute atomic E-state index is 0.0236. The zero-order valence-electron chi connectivity index (χ0n) is 17.2. The molecule has 8 nitrogen and oxygen atoms in total. The van der Waals surface area contributed by atoms with Crippen molar-refractivity contribution in [1.29, 1.82) is 0 Å². The molecule has 4 rings (SSSR count). The Hall–Kier alpha value is -3.70. The van der Waals surface area contributed by atoms with E-state index in [1.54, 1.807) is 0 Å². The van der Waals surface area contributed by atoms with Gasteiger partial charge < -0.3 is 33.6 Å². The number of alkyl halides is 3. The Kier molecular flexibility index (Phi) is 5.68. The van der Waals surface area contributed by atoms with Crippen LogP contribution in [0.25, 0.3) is 11.0 Å². The number of aliphatic hydroxyl groups is 2. The fraction of sp³-hybridized carbons (Fsp3) is 0.227. The maximum absolute atomic E-state index is 13.7. The largest absolute Gasteiger partial charge is 0.497 e. The topological polar surface area (TPSA) is 108 Å². The molecule has 174 valence electrons. The Morgan fingerprint density at radius 1 is 0.848 bits per heavy atom. The molecule has 1 aromatic heterocycles. The molecule has 0 radical (unpaired) electrons. The van der Waals surface area contributed by atoms with E-state index in [-0.39, 0.29) is 28.4 Å². The lowest BCUT2D eigenvalue weighted by molar-refractivity contribution is -0.154. The first-order chi connectivity index (χ1) is 15.6. The van der Waals surface area contributed by atoms with Gasteiger partial charge in [0.15, 0.2) is 11.5 Å². The van der Waals surface area contributed by atoms with Crippen LogP contribution in [-0.4, -0.2) is 36.6 Å². The van der Waals surface area contributed by atoms with Crippen LogP contribution in [0.1, 0.15) is 5.76 Å². The number of rotatable bonds is 6. The summed E-state index contributed by atoms with van der Waals surface area (Å²) in [6.45, 7) is 0. The SMILES string of the molecule is COC1=C(Oc2ccc3c(=O)c(Oc4ccc(OC)cc4)c(C(F)(F)F)oc3c2)C(O)C1O. The van der Waals surface area contributed by atoms with Gasteiger partial charge in [0.25, 0.3) is 5.76 Å². The van der Waals surface area contributed by atoms with Crippen molar-refractivity contribution < 1.29 is 46.7 Å². The highest BCUT2D eigenvalue weighted by Gasteiger charge is 2.43. The van der Waals surface area contributed by atoms with Crippen molar-refractivity contribution in [2.75, 3.05) is 14.2 Å². The van der Waals surface area contributed by atoms with Crippen LogP contribution in [0, 0.1) is 0 Å². The maximum atomic E-state index is 13.7. The standard InChI is InChI=1S/C22H17F3O8/c1-29-10-3-5-11(6-4-10)31-20-15(26)13-8-7-12(9-14(13)33-21(20)22(23,24)25)32-19-17(28)16(27)18(19)30-2/h3-9,16-17,27-28H,1-2H3. The molecule has 1 aliphatic carbocycles. The number of benzene rings is 2. The Balaban J connectivity index is 1.77. The van der Waals surface area contributed by atoms with Crippen molar-refractivity contribution in [3.8, 4) is 23.0 Å². The lowest BCUT2D eigenvalue weighted by Gasteiger charge is -2.32. The maximum Gasteiger partial charge on any atom is 0.453 e. The molecular formula is C22H17F3O8. The molecule has 0 saturated carbocycles. The highest BCUT2D eigenvalue weighted by atomic mass is 19.4. The molecule has 0 bridgehead atoms. The minimum Gasteiger partial charge on any atom is -0.497 e. The monoisotopic (exact) mass is 466 g/mol. The minimum atomic E-state index is -5.04. The average molecular weight is 466 g/mol. The van der Waals surface area contributed by atoms with Crippen molar-refractivity contribution in [3.63, 3.8) is 0 Å². The molecule has 0 aliphatic heterocycles. The molecule has 0 saturated heterocycles. The van der Waals surface area contributed by atoms with E-state index in [9.17, 15) is 28.2 Å². The molecule has 2 N–H and O–H groups in total. The van der Waals surface area contributed by atoms with E-state index in [2.05, 4.69) is 0 Å². The first kappa shape index (κ1) is 22.5. The molecule has 1 heterocycles. The molecule has 2 unspecified atom stereocenters. The predicted molar refractivity (Wildman–Crippen MR) is 107 cm³/mol. The van der Waals surface area contributed by atoms with Crippen LogP contribution < -0.4 is 19.6 Å². The zero-order valence-corrected chi connectivity index (χ0v) is 17.2. The van der Waals surface area contributed by atoms with Gasteiger partial charge in [-0.2, -0.15) is 13.2 Å². The molecule has 0 spiro atoms. The lowest BCUT2D eigenvalue weighted by Crippen LogP contribution is -2.43. The molecule has 11 heteroatoms. The number of hydrogen-bond donors (Lipinski definition) is 2. The van der Waals surface area contributed by atoms with Gasteiger partial charge in [-0.3, -0.25) is 4.79 Å². The fourth-order valence-corrected chi connectivity index (χ4v) is 3.20. The predicted octanol–water partition coefficient (Wildman–Crippen LogP) is 3.58. The summed E-state index contributed by atoms with van der Waals surface area (Å²) < 4.78 is 66.7. The molecule has 0 amide bonds. The summed E-state index contributed by atoms with van der Waals surface area (Å²) >= 11 is 0. The van der Waals surface area contributed by atoms with E-state index in [1.807, 2.05) is 0 Å².